The van der Waals surface area contributed by atoms with Crippen LogP contribution in [0, 0.1) is 0 Å². The van der Waals surface area contributed by atoms with Gasteiger partial charge in [0.1, 0.15) is 0 Å². The van der Waals surface area contributed by atoms with Gasteiger partial charge in [0.25, 0.3) is 0 Å². The molecular weight excluding hydrogens is 218 g/mol. The van der Waals surface area contributed by atoms with Crippen LogP contribution < -0.4 is 5.32 Å². The number of carbonyl (C=O) groups excluding carboxylic acids is 1. The molecule has 17 heavy (non-hydrogen) atoms. The fraction of sp³-hybridized carbons (Fsp3) is 0.667. The minimum absolute atomic E-state index is 0.191. The second-order valence-electron chi connectivity index (χ2n) is 4.30. The summed E-state index contributed by atoms with van der Waals surface area (Å²) in [5, 5.41) is 7.52. The molecule has 1 atom stereocenters. The van der Waals surface area contributed by atoms with Crippen LogP contribution in [0.1, 0.15) is 37.1 Å². The summed E-state index contributed by atoms with van der Waals surface area (Å²) in [6.07, 6.45) is 5.16. The normalized spacial score (nSPS) is 18.8. The largest absolute Gasteiger partial charge is 0.465 e. The van der Waals surface area contributed by atoms with Crippen LogP contribution in [0.25, 0.3) is 0 Å². The Bertz CT molecular complexity index is 400. The maximum Gasteiger partial charge on any atom is 0.319 e. The molecule has 0 bridgehead atoms. The highest BCUT2D eigenvalue weighted by atomic mass is 16.5. The van der Waals surface area contributed by atoms with Crippen LogP contribution in [0.15, 0.2) is 6.20 Å². The average Bonchev–Trinajstić information content (AvgIpc) is 2.70. The van der Waals surface area contributed by atoms with E-state index >= 15 is 0 Å². The van der Waals surface area contributed by atoms with E-state index in [1.165, 1.54) is 11.3 Å². The maximum atomic E-state index is 11.3. The molecule has 0 amide bonds. The molecule has 0 spiro atoms. The first kappa shape index (κ1) is 12.1. The Balaban J connectivity index is 1.97. The SMILES string of the molecule is CCOC(=O)CNC1CCCc2c1cnn2C. The maximum absolute atomic E-state index is 11.3. The smallest absolute Gasteiger partial charge is 0.319 e. The number of fused-ring (bicyclic) bond motifs is 1. The third kappa shape index (κ3) is 2.66. The molecule has 1 aliphatic carbocycles. The van der Waals surface area contributed by atoms with E-state index in [0.717, 1.165) is 19.3 Å². The Morgan fingerprint density at radius 1 is 1.71 bits per heavy atom. The first-order chi connectivity index (χ1) is 8.22. The second kappa shape index (κ2) is 5.31. The number of carbonyl (C=O) groups is 1. The highest BCUT2D eigenvalue weighted by molar-refractivity contribution is 5.71. The van der Waals surface area contributed by atoms with E-state index in [-0.39, 0.29) is 18.6 Å². The molecule has 5 heteroatoms. The van der Waals surface area contributed by atoms with Crippen molar-refractivity contribution >= 4 is 5.97 Å². The fourth-order valence-corrected chi connectivity index (χ4v) is 2.34. The van der Waals surface area contributed by atoms with E-state index in [0.29, 0.717) is 6.61 Å². The lowest BCUT2D eigenvalue weighted by atomic mass is 9.93. The number of esters is 1. The lowest BCUT2D eigenvalue weighted by Crippen LogP contribution is -2.31. The van der Waals surface area contributed by atoms with Crippen molar-refractivity contribution < 1.29 is 9.53 Å². The number of hydrogen-bond acceptors (Lipinski definition) is 4. The van der Waals surface area contributed by atoms with Crippen LogP contribution in [0.2, 0.25) is 0 Å². The van der Waals surface area contributed by atoms with Gasteiger partial charge in [0.2, 0.25) is 0 Å². The molecule has 0 fully saturated rings. The minimum Gasteiger partial charge on any atom is -0.465 e. The van der Waals surface area contributed by atoms with Crippen molar-refractivity contribution in [2.45, 2.75) is 32.2 Å². The molecule has 94 valence electrons. The molecular formula is C12H19N3O2. The molecule has 1 unspecified atom stereocenters. The molecule has 1 N–H and O–H groups in total. The number of ether oxygens (including phenoxy) is 1. The molecule has 0 saturated heterocycles. The van der Waals surface area contributed by atoms with Crippen LogP contribution in [0.5, 0.6) is 0 Å². The summed E-state index contributed by atoms with van der Waals surface area (Å²) in [4.78, 5) is 11.3. The molecule has 0 aromatic carbocycles. The van der Waals surface area contributed by atoms with Crippen molar-refractivity contribution in [2.24, 2.45) is 7.05 Å². The van der Waals surface area contributed by atoms with Crippen LogP contribution in [0.4, 0.5) is 0 Å². The minimum atomic E-state index is -0.191. The fourth-order valence-electron chi connectivity index (χ4n) is 2.34. The van der Waals surface area contributed by atoms with E-state index < -0.39 is 0 Å². The molecule has 1 heterocycles. The molecule has 1 aromatic rings. The predicted octanol–water partition coefficient (Wildman–Crippen LogP) is 0.950. The third-order valence-corrected chi connectivity index (χ3v) is 3.17. The summed E-state index contributed by atoms with van der Waals surface area (Å²) in [5.74, 6) is -0.191. The number of rotatable bonds is 4. The summed E-state index contributed by atoms with van der Waals surface area (Å²) >= 11 is 0. The van der Waals surface area contributed by atoms with Gasteiger partial charge in [0, 0.05) is 24.3 Å². The Labute approximate surface area is 101 Å². The summed E-state index contributed by atoms with van der Waals surface area (Å²) in [5.41, 5.74) is 2.50. The lowest BCUT2D eigenvalue weighted by Gasteiger charge is -2.23. The standard InChI is InChI=1S/C12H19N3O2/c1-3-17-12(16)8-13-10-5-4-6-11-9(10)7-14-15(11)2/h7,10,13H,3-6,8H2,1-2H3. The van der Waals surface area contributed by atoms with Gasteiger partial charge < -0.3 is 4.74 Å². The molecule has 1 aliphatic rings. The molecule has 2 rings (SSSR count). The van der Waals surface area contributed by atoms with Gasteiger partial charge in [-0.15, -0.1) is 0 Å². The number of hydrogen-bond donors (Lipinski definition) is 1. The van der Waals surface area contributed by atoms with Crippen molar-refractivity contribution in [2.75, 3.05) is 13.2 Å². The molecule has 1 aromatic heterocycles. The Morgan fingerprint density at radius 2 is 2.53 bits per heavy atom. The summed E-state index contributed by atoms with van der Waals surface area (Å²) < 4.78 is 6.83. The highest BCUT2D eigenvalue weighted by Crippen LogP contribution is 2.28. The van der Waals surface area contributed by atoms with E-state index in [1.807, 2.05) is 24.9 Å². The molecule has 0 aliphatic heterocycles. The molecule has 0 saturated carbocycles. The zero-order valence-electron chi connectivity index (χ0n) is 10.4. The molecule has 5 nitrogen and oxygen atoms in total. The lowest BCUT2D eigenvalue weighted by molar-refractivity contribution is -0.142. The summed E-state index contributed by atoms with van der Waals surface area (Å²) in [6, 6.07) is 0.233. The van der Waals surface area contributed by atoms with Crippen molar-refractivity contribution in [3.05, 3.63) is 17.5 Å². The summed E-state index contributed by atoms with van der Waals surface area (Å²) in [6.45, 7) is 2.52. The zero-order chi connectivity index (χ0) is 12.3. The summed E-state index contributed by atoms with van der Waals surface area (Å²) in [7, 11) is 1.96. The van der Waals surface area contributed by atoms with Crippen molar-refractivity contribution in [3.63, 3.8) is 0 Å². The van der Waals surface area contributed by atoms with Crippen LogP contribution in [0.3, 0.4) is 0 Å². The van der Waals surface area contributed by atoms with Crippen molar-refractivity contribution in [1.29, 1.82) is 0 Å². The van der Waals surface area contributed by atoms with Crippen LogP contribution >= 0.6 is 0 Å². The van der Waals surface area contributed by atoms with Gasteiger partial charge in [-0.3, -0.25) is 14.8 Å². The van der Waals surface area contributed by atoms with Crippen LogP contribution in [-0.2, 0) is 23.0 Å². The average molecular weight is 237 g/mol. The van der Waals surface area contributed by atoms with Gasteiger partial charge in [0.15, 0.2) is 0 Å². The van der Waals surface area contributed by atoms with Gasteiger partial charge in [-0.1, -0.05) is 0 Å². The number of nitrogens with one attached hydrogen (secondary N) is 1. The first-order valence-electron chi connectivity index (χ1n) is 6.12. The van der Waals surface area contributed by atoms with E-state index in [1.54, 1.807) is 0 Å². The predicted molar refractivity (Wildman–Crippen MR) is 63.5 cm³/mol. The second-order valence-corrected chi connectivity index (χ2v) is 4.30. The van der Waals surface area contributed by atoms with E-state index in [4.69, 9.17) is 4.74 Å². The van der Waals surface area contributed by atoms with Gasteiger partial charge >= 0.3 is 5.97 Å². The Morgan fingerprint density at radius 3 is 3.29 bits per heavy atom. The number of aromatic nitrogens is 2. The van der Waals surface area contributed by atoms with Gasteiger partial charge in [-0.05, 0) is 26.2 Å². The van der Waals surface area contributed by atoms with Crippen molar-refractivity contribution in [1.82, 2.24) is 15.1 Å². The Kier molecular flexibility index (Phi) is 3.78. The Hall–Kier alpha value is -1.36. The number of nitrogens with zero attached hydrogens (tertiary/aromatic N) is 2. The zero-order valence-corrected chi connectivity index (χ0v) is 10.4. The van der Waals surface area contributed by atoms with E-state index in [2.05, 4.69) is 10.4 Å². The third-order valence-electron chi connectivity index (χ3n) is 3.17. The van der Waals surface area contributed by atoms with E-state index in [9.17, 15) is 4.79 Å². The van der Waals surface area contributed by atoms with Crippen molar-refractivity contribution in [3.8, 4) is 0 Å². The first-order valence-corrected chi connectivity index (χ1v) is 6.12. The molecule has 0 radical (unpaired) electrons. The van der Waals surface area contributed by atoms with Crippen LogP contribution in [-0.4, -0.2) is 28.9 Å². The number of aryl methyl sites for hydroxylation is 1. The quantitative estimate of drug-likeness (QED) is 0.792. The monoisotopic (exact) mass is 237 g/mol. The van der Waals surface area contributed by atoms with Gasteiger partial charge in [0.05, 0.1) is 19.3 Å². The topological polar surface area (TPSA) is 56.1 Å². The highest BCUT2D eigenvalue weighted by Gasteiger charge is 2.23. The van der Waals surface area contributed by atoms with Gasteiger partial charge in [-0.2, -0.15) is 5.10 Å². The van der Waals surface area contributed by atoms with Gasteiger partial charge in [-0.25, -0.2) is 0 Å².